The van der Waals surface area contributed by atoms with Gasteiger partial charge in [0.05, 0.1) is 0 Å². The molecule has 18 heavy (non-hydrogen) atoms. The van der Waals surface area contributed by atoms with Crippen molar-refractivity contribution in [3.8, 4) is 5.75 Å². The maximum absolute atomic E-state index is 12.1. The van der Waals surface area contributed by atoms with Crippen LogP contribution in [-0.4, -0.2) is 18.3 Å². The first-order valence-electron chi connectivity index (χ1n) is 5.21. The van der Waals surface area contributed by atoms with Crippen LogP contribution in [0.2, 0.25) is 0 Å². The number of amides is 1. The Balaban J connectivity index is 2.17. The Labute approximate surface area is 109 Å². The first kappa shape index (κ1) is 13.2. The van der Waals surface area contributed by atoms with Gasteiger partial charge in [0.25, 0.3) is 5.91 Å². The van der Waals surface area contributed by atoms with Gasteiger partial charge < -0.3 is 10.1 Å². The van der Waals surface area contributed by atoms with Crippen LogP contribution >= 0.6 is 15.9 Å². The van der Waals surface area contributed by atoms with E-state index in [0.29, 0.717) is 4.47 Å². The lowest BCUT2D eigenvalue weighted by Crippen LogP contribution is -2.25. The van der Waals surface area contributed by atoms with Crippen LogP contribution in [0.25, 0.3) is 0 Å². The van der Waals surface area contributed by atoms with Gasteiger partial charge in [0.1, 0.15) is 5.75 Å². The minimum absolute atomic E-state index is 0.135. The number of rotatable bonds is 3. The Kier molecular flexibility index (Phi) is 3.52. The molecule has 1 fully saturated rings. The smallest absolute Gasteiger partial charge is 0.406 e. The average Bonchev–Trinajstić information content (AvgIpc) is 2.97. The van der Waals surface area contributed by atoms with E-state index in [1.165, 1.54) is 6.07 Å². The summed E-state index contributed by atoms with van der Waals surface area (Å²) in [6, 6.07) is 3.81. The molecule has 0 bridgehead atoms. The SMILES string of the molecule is O=C(NC1CC1)c1cc(Br)cc(OC(F)(F)F)c1. The molecule has 0 aromatic heterocycles. The van der Waals surface area contributed by atoms with Crippen molar-refractivity contribution in [3.05, 3.63) is 28.2 Å². The molecule has 0 saturated heterocycles. The summed E-state index contributed by atoms with van der Waals surface area (Å²) in [7, 11) is 0. The van der Waals surface area contributed by atoms with Crippen molar-refractivity contribution in [3.63, 3.8) is 0 Å². The second kappa shape index (κ2) is 4.79. The lowest BCUT2D eigenvalue weighted by Gasteiger charge is -2.11. The summed E-state index contributed by atoms with van der Waals surface area (Å²) in [6.45, 7) is 0. The summed E-state index contributed by atoms with van der Waals surface area (Å²) in [5.41, 5.74) is 0.135. The molecule has 3 nitrogen and oxygen atoms in total. The van der Waals surface area contributed by atoms with Gasteiger partial charge >= 0.3 is 6.36 Å². The predicted octanol–water partition coefficient (Wildman–Crippen LogP) is 3.24. The standard InChI is InChI=1S/C11H9BrF3NO2/c12-7-3-6(10(17)16-8-1-2-8)4-9(5-7)18-11(13,14)15/h3-5,8H,1-2H2,(H,16,17). The van der Waals surface area contributed by atoms with Crippen molar-refractivity contribution in [1.29, 1.82) is 0 Å². The molecule has 2 rings (SSSR count). The van der Waals surface area contributed by atoms with Gasteiger partial charge in [0.2, 0.25) is 0 Å². The number of carbonyl (C=O) groups excluding carboxylic acids is 1. The summed E-state index contributed by atoms with van der Waals surface area (Å²) < 4.78 is 40.4. The zero-order valence-corrected chi connectivity index (χ0v) is 10.6. The zero-order chi connectivity index (χ0) is 13.3. The number of halogens is 4. The van der Waals surface area contributed by atoms with Gasteiger partial charge in [-0.25, -0.2) is 0 Å². The molecule has 1 saturated carbocycles. The Morgan fingerprint density at radius 1 is 1.33 bits per heavy atom. The fourth-order valence-electron chi connectivity index (χ4n) is 1.38. The minimum atomic E-state index is -4.77. The van der Waals surface area contributed by atoms with Gasteiger partial charge in [-0.3, -0.25) is 4.79 Å². The highest BCUT2D eigenvalue weighted by molar-refractivity contribution is 9.10. The highest BCUT2D eigenvalue weighted by Gasteiger charge is 2.31. The maximum Gasteiger partial charge on any atom is 0.573 e. The van der Waals surface area contributed by atoms with Crippen molar-refractivity contribution in [1.82, 2.24) is 5.32 Å². The molecule has 0 aliphatic heterocycles. The minimum Gasteiger partial charge on any atom is -0.406 e. The monoisotopic (exact) mass is 323 g/mol. The molecule has 0 heterocycles. The number of benzene rings is 1. The quantitative estimate of drug-likeness (QED) is 0.927. The first-order chi connectivity index (χ1) is 8.33. The molecule has 1 amide bonds. The van der Waals surface area contributed by atoms with Crippen molar-refractivity contribution < 1.29 is 22.7 Å². The van der Waals surface area contributed by atoms with Gasteiger partial charge in [-0.2, -0.15) is 0 Å². The molecule has 1 aliphatic carbocycles. The van der Waals surface area contributed by atoms with Crippen LogP contribution in [0.3, 0.4) is 0 Å². The third kappa shape index (κ3) is 3.90. The van der Waals surface area contributed by atoms with E-state index in [1.807, 2.05) is 0 Å². The summed E-state index contributed by atoms with van der Waals surface area (Å²) in [5.74, 6) is -0.816. The lowest BCUT2D eigenvalue weighted by atomic mass is 10.2. The normalized spacial score (nSPS) is 15.3. The van der Waals surface area contributed by atoms with E-state index in [-0.39, 0.29) is 11.6 Å². The largest absolute Gasteiger partial charge is 0.573 e. The van der Waals surface area contributed by atoms with E-state index < -0.39 is 18.0 Å². The van der Waals surface area contributed by atoms with Crippen LogP contribution in [0.1, 0.15) is 23.2 Å². The summed E-state index contributed by atoms with van der Waals surface area (Å²) in [5, 5.41) is 2.69. The molecule has 1 N–H and O–H groups in total. The van der Waals surface area contributed by atoms with Crippen LogP contribution < -0.4 is 10.1 Å². The number of hydrogen-bond acceptors (Lipinski definition) is 2. The molecule has 0 unspecified atom stereocenters. The van der Waals surface area contributed by atoms with Crippen LogP contribution in [0.15, 0.2) is 22.7 Å². The molecule has 1 aliphatic rings. The van der Waals surface area contributed by atoms with Gasteiger partial charge in [-0.05, 0) is 31.0 Å². The topological polar surface area (TPSA) is 38.3 Å². The molecule has 0 spiro atoms. The molecular formula is C11H9BrF3NO2. The van der Waals surface area contributed by atoms with Crippen LogP contribution in [0.5, 0.6) is 5.75 Å². The van der Waals surface area contributed by atoms with Crippen molar-refractivity contribution in [2.24, 2.45) is 0 Å². The van der Waals surface area contributed by atoms with Gasteiger partial charge in [0, 0.05) is 16.1 Å². The number of hydrogen-bond donors (Lipinski definition) is 1. The van der Waals surface area contributed by atoms with Crippen LogP contribution in [0, 0.1) is 0 Å². The van der Waals surface area contributed by atoms with E-state index in [1.54, 1.807) is 0 Å². The van der Waals surface area contributed by atoms with Crippen LogP contribution in [-0.2, 0) is 0 Å². The van der Waals surface area contributed by atoms with Gasteiger partial charge in [-0.1, -0.05) is 15.9 Å². The predicted molar refractivity (Wildman–Crippen MR) is 61.3 cm³/mol. The van der Waals surface area contributed by atoms with Crippen molar-refractivity contribution in [2.45, 2.75) is 25.2 Å². The van der Waals surface area contributed by atoms with Crippen LogP contribution in [0.4, 0.5) is 13.2 Å². The van der Waals surface area contributed by atoms with E-state index in [4.69, 9.17) is 0 Å². The number of ether oxygens (including phenoxy) is 1. The van der Waals surface area contributed by atoms with Gasteiger partial charge in [-0.15, -0.1) is 13.2 Å². The fourth-order valence-corrected chi connectivity index (χ4v) is 1.86. The Morgan fingerprint density at radius 3 is 2.56 bits per heavy atom. The number of carbonyl (C=O) groups is 1. The first-order valence-corrected chi connectivity index (χ1v) is 6.00. The summed E-state index contributed by atoms with van der Waals surface area (Å²) in [6.07, 6.45) is -2.96. The summed E-state index contributed by atoms with van der Waals surface area (Å²) >= 11 is 3.04. The maximum atomic E-state index is 12.1. The Morgan fingerprint density at radius 2 is 2.00 bits per heavy atom. The molecular weight excluding hydrogens is 315 g/mol. The van der Waals surface area contributed by atoms with Gasteiger partial charge in [0.15, 0.2) is 0 Å². The number of nitrogens with one attached hydrogen (secondary N) is 1. The highest BCUT2D eigenvalue weighted by atomic mass is 79.9. The molecule has 1 aromatic rings. The molecule has 0 radical (unpaired) electrons. The van der Waals surface area contributed by atoms with E-state index in [0.717, 1.165) is 25.0 Å². The van der Waals surface area contributed by atoms with E-state index in [2.05, 4.69) is 26.0 Å². The van der Waals surface area contributed by atoms with E-state index in [9.17, 15) is 18.0 Å². The second-order valence-electron chi connectivity index (χ2n) is 3.97. The van der Waals surface area contributed by atoms with Crippen molar-refractivity contribution in [2.75, 3.05) is 0 Å². The highest BCUT2D eigenvalue weighted by Crippen LogP contribution is 2.28. The van der Waals surface area contributed by atoms with E-state index >= 15 is 0 Å². The molecule has 7 heteroatoms. The lowest BCUT2D eigenvalue weighted by molar-refractivity contribution is -0.274. The third-order valence-electron chi connectivity index (χ3n) is 2.28. The Bertz CT molecular complexity index is 472. The third-order valence-corrected chi connectivity index (χ3v) is 2.74. The molecule has 1 aromatic carbocycles. The Hall–Kier alpha value is -1.24. The average molecular weight is 324 g/mol. The molecule has 0 atom stereocenters. The number of alkyl halides is 3. The zero-order valence-electron chi connectivity index (χ0n) is 9.05. The van der Waals surface area contributed by atoms with Crippen molar-refractivity contribution >= 4 is 21.8 Å². The molecule has 98 valence electrons. The fraction of sp³-hybridized carbons (Fsp3) is 0.364. The second-order valence-corrected chi connectivity index (χ2v) is 4.89. The summed E-state index contributed by atoms with van der Waals surface area (Å²) in [4.78, 5) is 11.7.